The monoisotopic (exact) mass is 319 g/mol. The molecule has 1 saturated heterocycles. The lowest BCUT2D eigenvalue weighted by Gasteiger charge is -2.11. The van der Waals surface area contributed by atoms with Crippen molar-refractivity contribution in [3.05, 3.63) is 29.5 Å². The Hall–Kier alpha value is -3.03. The number of carboxylic acid groups (broad SMARTS) is 1. The normalized spacial score (nSPS) is 15.7. The number of amides is 3. The standard InChI is InChI=1S/C15H16N2O6/c1-3-23-12-7-9(4-5-11(12)22-2)6-10-14(20)17(8-13(18)19)15(21)16-10/h4-7H,3,8H2,1-2H3,(H,16,21)(H,18,19)/p-1/b10-6+. The maximum absolute atomic E-state index is 12.0. The van der Waals surface area contributed by atoms with Gasteiger partial charge < -0.3 is 24.7 Å². The highest BCUT2D eigenvalue weighted by Gasteiger charge is 2.33. The molecule has 1 aliphatic heterocycles. The van der Waals surface area contributed by atoms with Crippen molar-refractivity contribution < 1.29 is 29.0 Å². The van der Waals surface area contributed by atoms with E-state index in [0.717, 1.165) is 0 Å². The lowest BCUT2D eigenvalue weighted by atomic mass is 10.1. The van der Waals surface area contributed by atoms with E-state index in [1.54, 1.807) is 18.2 Å². The fraction of sp³-hybridized carbons (Fsp3) is 0.267. The van der Waals surface area contributed by atoms with Crippen LogP contribution < -0.4 is 19.9 Å². The number of methoxy groups -OCH3 is 1. The maximum Gasteiger partial charge on any atom is 0.329 e. The molecule has 1 aromatic carbocycles. The number of hydrogen-bond acceptors (Lipinski definition) is 6. The number of carboxylic acids is 1. The van der Waals surface area contributed by atoms with Crippen molar-refractivity contribution in [1.29, 1.82) is 0 Å². The lowest BCUT2D eigenvalue weighted by Crippen LogP contribution is -2.41. The average molecular weight is 319 g/mol. The third kappa shape index (κ3) is 3.60. The Morgan fingerprint density at radius 1 is 1.35 bits per heavy atom. The van der Waals surface area contributed by atoms with Gasteiger partial charge in [-0.2, -0.15) is 0 Å². The number of imide groups is 1. The minimum Gasteiger partial charge on any atom is -0.548 e. The molecule has 0 aromatic heterocycles. The number of nitrogens with one attached hydrogen (secondary N) is 1. The predicted molar refractivity (Wildman–Crippen MR) is 77.4 cm³/mol. The fourth-order valence-corrected chi connectivity index (χ4v) is 2.06. The van der Waals surface area contributed by atoms with Crippen LogP contribution in [0.5, 0.6) is 11.5 Å². The van der Waals surface area contributed by atoms with Crippen molar-refractivity contribution in [2.75, 3.05) is 20.3 Å². The molecule has 1 aliphatic rings. The van der Waals surface area contributed by atoms with E-state index in [2.05, 4.69) is 5.32 Å². The molecule has 0 aliphatic carbocycles. The molecule has 0 spiro atoms. The van der Waals surface area contributed by atoms with Crippen molar-refractivity contribution >= 4 is 24.0 Å². The summed E-state index contributed by atoms with van der Waals surface area (Å²) in [4.78, 5) is 34.8. The molecule has 0 bridgehead atoms. The van der Waals surface area contributed by atoms with Gasteiger partial charge >= 0.3 is 6.03 Å². The molecule has 1 N–H and O–H groups in total. The van der Waals surface area contributed by atoms with Crippen LogP contribution in [-0.4, -0.2) is 43.1 Å². The van der Waals surface area contributed by atoms with E-state index in [4.69, 9.17) is 9.47 Å². The Bertz CT molecular complexity index is 683. The highest BCUT2D eigenvalue weighted by atomic mass is 16.5. The van der Waals surface area contributed by atoms with Crippen LogP contribution in [0.25, 0.3) is 6.08 Å². The van der Waals surface area contributed by atoms with E-state index < -0.39 is 24.5 Å². The largest absolute Gasteiger partial charge is 0.548 e. The van der Waals surface area contributed by atoms with Crippen molar-refractivity contribution in [1.82, 2.24) is 10.2 Å². The second-order valence-electron chi connectivity index (χ2n) is 4.59. The van der Waals surface area contributed by atoms with E-state index in [1.165, 1.54) is 13.2 Å². The van der Waals surface area contributed by atoms with Crippen LogP contribution in [0.2, 0.25) is 0 Å². The third-order valence-corrected chi connectivity index (χ3v) is 3.05. The van der Waals surface area contributed by atoms with Crippen molar-refractivity contribution in [3.8, 4) is 11.5 Å². The number of carbonyl (C=O) groups is 3. The summed E-state index contributed by atoms with van der Waals surface area (Å²) in [5, 5.41) is 12.9. The summed E-state index contributed by atoms with van der Waals surface area (Å²) in [6, 6.07) is 4.19. The van der Waals surface area contributed by atoms with Gasteiger partial charge in [0.05, 0.1) is 26.2 Å². The number of urea groups is 1. The summed E-state index contributed by atoms with van der Waals surface area (Å²) in [5.41, 5.74) is 0.567. The van der Waals surface area contributed by atoms with Crippen LogP contribution in [0, 0.1) is 0 Å². The zero-order chi connectivity index (χ0) is 17.0. The van der Waals surface area contributed by atoms with Crippen LogP contribution in [-0.2, 0) is 9.59 Å². The van der Waals surface area contributed by atoms with Crippen molar-refractivity contribution in [2.24, 2.45) is 0 Å². The molecular weight excluding hydrogens is 304 g/mol. The third-order valence-electron chi connectivity index (χ3n) is 3.05. The average Bonchev–Trinajstić information content (AvgIpc) is 2.75. The molecule has 0 atom stereocenters. The van der Waals surface area contributed by atoms with Crippen LogP contribution >= 0.6 is 0 Å². The first-order chi connectivity index (χ1) is 11.0. The van der Waals surface area contributed by atoms with E-state index in [-0.39, 0.29) is 5.70 Å². The number of hydrogen-bond donors (Lipinski definition) is 1. The number of rotatable bonds is 6. The quantitative estimate of drug-likeness (QED) is 0.571. The predicted octanol–water partition coefficient (Wildman–Crippen LogP) is -0.263. The minimum absolute atomic E-state index is 0.0242. The summed E-state index contributed by atoms with van der Waals surface area (Å²) < 4.78 is 10.6. The lowest BCUT2D eigenvalue weighted by molar-refractivity contribution is -0.305. The van der Waals surface area contributed by atoms with Gasteiger partial charge in [-0.3, -0.25) is 9.69 Å². The topological polar surface area (TPSA) is 108 Å². The van der Waals surface area contributed by atoms with Crippen LogP contribution in [0.15, 0.2) is 23.9 Å². The fourth-order valence-electron chi connectivity index (χ4n) is 2.06. The first-order valence-corrected chi connectivity index (χ1v) is 6.81. The highest BCUT2D eigenvalue weighted by molar-refractivity contribution is 6.15. The molecular formula is C15H15N2O6-. The van der Waals surface area contributed by atoms with Crippen molar-refractivity contribution in [3.63, 3.8) is 0 Å². The SMILES string of the molecule is CCOc1cc(/C=C2/NC(=O)N(CC(=O)[O-])C2=O)ccc1OC. The summed E-state index contributed by atoms with van der Waals surface area (Å²) in [6.07, 6.45) is 1.43. The summed E-state index contributed by atoms with van der Waals surface area (Å²) in [6.45, 7) is 1.46. The van der Waals surface area contributed by atoms with E-state index in [0.29, 0.717) is 28.6 Å². The van der Waals surface area contributed by atoms with Gasteiger partial charge in [0.25, 0.3) is 5.91 Å². The van der Waals surface area contributed by atoms with E-state index in [9.17, 15) is 19.5 Å². The molecule has 23 heavy (non-hydrogen) atoms. The van der Waals surface area contributed by atoms with E-state index in [1.807, 2.05) is 6.92 Å². The van der Waals surface area contributed by atoms with Gasteiger partial charge in [-0.05, 0) is 30.7 Å². The number of benzene rings is 1. The van der Waals surface area contributed by atoms with Gasteiger partial charge in [0.1, 0.15) is 5.70 Å². The van der Waals surface area contributed by atoms with Gasteiger partial charge in [0, 0.05) is 0 Å². The first-order valence-electron chi connectivity index (χ1n) is 6.81. The Balaban J connectivity index is 2.28. The number of carbonyl (C=O) groups excluding carboxylic acids is 3. The Kier molecular flexibility index (Phi) is 4.85. The smallest absolute Gasteiger partial charge is 0.329 e. The molecule has 3 amide bonds. The number of nitrogens with zero attached hydrogens (tertiary/aromatic N) is 1. The summed E-state index contributed by atoms with van der Waals surface area (Å²) in [7, 11) is 1.51. The zero-order valence-corrected chi connectivity index (χ0v) is 12.6. The highest BCUT2D eigenvalue weighted by Crippen LogP contribution is 2.29. The molecule has 1 aromatic rings. The Morgan fingerprint density at radius 2 is 2.09 bits per heavy atom. The number of aliphatic carboxylic acids is 1. The van der Waals surface area contributed by atoms with Crippen molar-refractivity contribution in [2.45, 2.75) is 6.92 Å². The van der Waals surface area contributed by atoms with Gasteiger partial charge in [-0.15, -0.1) is 0 Å². The van der Waals surface area contributed by atoms with Gasteiger partial charge in [-0.1, -0.05) is 6.07 Å². The molecule has 0 unspecified atom stereocenters. The zero-order valence-electron chi connectivity index (χ0n) is 12.6. The first kappa shape index (κ1) is 16.3. The second-order valence-corrected chi connectivity index (χ2v) is 4.59. The molecule has 8 nitrogen and oxygen atoms in total. The molecule has 122 valence electrons. The number of ether oxygens (including phenoxy) is 2. The van der Waals surface area contributed by atoms with Gasteiger partial charge in [-0.25, -0.2) is 4.79 Å². The Labute approximate surface area is 132 Å². The van der Waals surface area contributed by atoms with Crippen LogP contribution in [0.1, 0.15) is 12.5 Å². The van der Waals surface area contributed by atoms with Crippen LogP contribution in [0.4, 0.5) is 4.79 Å². The molecule has 0 radical (unpaired) electrons. The molecule has 8 heteroatoms. The molecule has 1 fully saturated rings. The minimum atomic E-state index is -1.52. The van der Waals surface area contributed by atoms with E-state index >= 15 is 0 Å². The summed E-state index contributed by atoms with van der Waals surface area (Å²) in [5.74, 6) is -1.21. The Morgan fingerprint density at radius 3 is 2.70 bits per heavy atom. The summed E-state index contributed by atoms with van der Waals surface area (Å²) >= 11 is 0. The molecule has 0 saturated carbocycles. The maximum atomic E-state index is 12.0. The molecule has 2 rings (SSSR count). The van der Waals surface area contributed by atoms with Gasteiger partial charge in [0.2, 0.25) is 0 Å². The van der Waals surface area contributed by atoms with Gasteiger partial charge in [0.15, 0.2) is 11.5 Å². The van der Waals surface area contributed by atoms with Crippen LogP contribution in [0.3, 0.4) is 0 Å². The second kappa shape index (κ2) is 6.82. The molecule has 1 heterocycles.